The maximum atomic E-state index is 11.1. The largest absolute Gasteiger partial charge is 0.496 e. The summed E-state index contributed by atoms with van der Waals surface area (Å²) in [7, 11) is 1.45. The SMILES string of the molecule is COc1ccc(CSc2ccc(Cl)cn2)cc1C(=O)O. The molecule has 0 fully saturated rings. The molecule has 104 valence electrons. The molecule has 0 saturated heterocycles. The molecule has 1 heterocycles. The Hall–Kier alpha value is -1.72. The first-order valence-corrected chi connectivity index (χ1v) is 7.11. The van der Waals surface area contributed by atoms with Crippen LogP contribution in [-0.4, -0.2) is 23.2 Å². The number of ether oxygens (including phenoxy) is 1. The topological polar surface area (TPSA) is 59.4 Å². The van der Waals surface area contributed by atoms with Crippen LogP contribution in [0.15, 0.2) is 41.6 Å². The fourth-order valence-electron chi connectivity index (χ4n) is 1.62. The molecule has 0 amide bonds. The lowest BCUT2D eigenvalue weighted by Crippen LogP contribution is -2.01. The molecule has 1 aromatic carbocycles. The highest BCUT2D eigenvalue weighted by atomic mass is 35.5. The number of aromatic carboxylic acids is 1. The Bertz CT molecular complexity index is 616. The van der Waals surface area contributed by atoms with Gasteiger partial charge in [-0.15, -0.1) is 11.8 Å². The minimum absolute atomic E-state index is 0.162. The molecular weight excluding hydrogens is 298 g/mol. The third-order valence-electron chi connectivity index (χ3n) is 2.58. The number of rotatable bonds is 5. The second-order valence-corrected chi connectivity index (χ2v) is 5.38. The number of hydrogen-bond acceptors (Lipinski definition) is 4. The number of carboxylic acid groups (broad SMARTS) is 1. The van der Waals surface area contributed by atoms with E-state index in [9.17, 15) is 4.79 Å². The number of thioether (sulfide) groups is 1. The van der Waals surface area contributed by atoms with Crippen molar-refractivity contribution in [1.82, 2.24) is 4.98 Å². The molecule has 0 bridgehead atoms. The van der Waals surface area contributed by atoms with E-state index in [0.717, 1.165) is 10.6 Å². The number of methoxy groups -OCH3 is 1. The number of benzene rings is 1. The smallest absolute Gasteiger partial charge is 0.339 e. The maximum absolute atomic E-state index is 11.1. The molecule has 0 atom stereocenters. The van der Waals surface area contributed by atoms with Gasteiger partial charge in [-0.1, -0.05) is 17.7 Å². The van der Waals surface area contributed by atoms with Crippen LogP contribution in [0.3, 0.4) is 0 Å². The molecule has 0 aliphatic carbocycles. The van der Waals surface area contributed by atoms with Gasteiger partial charge in [0.1, 0.15) is 11.3 Å². The van der Waals surface area contributed by atoms with Gasteiger partial charge < -0.3 is 9.84 Å². The van der Waals surface area contributed by atoms with Gasteiger partial charge in [-0.25, -0.2) is 9.78 Å². The molecule has 0 radical (unpaired) electrons. The predicted octanol–water partition coefficient (Wildman–Crippen LogP) is 3.73. The van der Waals surface area contributed by atoms with Crippen molar-refractivity contribution < 1.29 is 14.6 Å². The molecule has 0 saturated carbocycles. The Morgan fingerprint density at radius 1 is 1.40 bits per heavy atom. The van der Waals surface area contributed by atoms with Gasteiger partial charge in [0.25, 0.3) is 0 Å². The van der Waals surface area contributed by atoms with Gasteiger partial charge in [0, 0.05) is 11.9 Å². The summed E-state index contributed by atoms with van der Waals surface area (Å²) < 4.78 is 5.02. The van der Waals surface area contributed by atoms with Crippen LogP contribution in [0.4, 0.5) is 0 Å². The first-order chi connectivity index (χ1) is 9.60. The Labute approximate surface area is 125 Å². The van der Waals surface area contributed by atoms with Crippen molar-refractivity contribution in [2.75, 3.05) is 7.11 Å². The van der Waals surface area contributed by atoms with E-state index in [2.05, 4.69) is 4.98 Å². The van der Waals surface area contributed by atoms with E-state index in [1.165, 1.54) is 18.9 Å². The molecule has 0 spiro atoms. The third kappa shape index (κ3) is 3.65. The first-order valence-electron chi connectivity index (χ1n) is 5.74. The van der Waals surface area contributed by atoms with Crippen molar-refractivity contribution >= 4 is 29.3 Å². The average molecular weight is 310 g/mol. The lowest BCUT2D eigenvalue weighted by molar-refractivity contribution is 0.0693. The molecule has 6 heteroatoms. The lowest BCUT2D eigenvalue weighted by atomic mass is 10.1. The maximum Gasteiger partial charge on any atom is 0.339 e. The number of nitrogens with zero attached hydrogens (tertiary/aromatic N) is 1. The van der Waals surface area contributed by atoms with E-state index in [-0.39, 0.29) is 5.56 Å². The second kappa shape index (κ2) is 6.63. The van der Waals surface area contributed by atoms with Crippen LogP contribution in [-0.2, 0) is 5.75 Å². The number of halogens is 1. The highest BCUT2D eigenvalue weighted by Crippen LogP contribution is 2.25. The van der Waals surface area contributed by atoms with Crippen LogP contribution >= 0.6 is 23.4 Å². The highest BCUT2D eigenvalue weighted by Gasteiger charge is 2.11. The number of carboxylic acids is 1. The summed E-state index contributed by atoms with van der Waals surface area (Å²) in [6, 6.07) is 8.72. The van der Waals surface area contributed by atoms with Gasteiger partial charge in [-0.2, -0.15) is 0 Å². The zero-order valence-corrected chi connectivity index (χ0v) is 12.2. The van der Waals surface area contributed by atoms with Crippen molar-refractivity contribution in [1.29, 1.82) is 0 Å². The van der Waals surface area contributed by atoms with Crippen molar-refractivity contribution in [3.63, 3.8) is 0 Å². The molecular formula is C14H12ClNO3S. The van der Waals surface area contributed by atoms with Gasteiger partial charge in [0.15, 0.2) is 0 Å². The minimum Gasteiger partial charge on any atom is -0.496 e. The molecule has 2 rings (SSSR count). The van der Waals surface area contributed by atoms with Crippen LogP contribution in [0.25, 0.3) is 0 Å². The average Bonchev–Trinajstić information content (AvgIpc) is 2.46. The summed E-state index contributed by atoms with van der Waals surface area (Å²) in [4.78, 5) is 15.3. The Kier molecular flexibility index (Phi) is 4.87. The minimum atomic E-state index is -1.00. The molecule has 0 aliphatic rings. The molecule has 1 aromatic heterocycles. The molecule has 1 N–H and O–H groups in total. The van der Waals surface area contributed by atoms with Gasteiger partial charge >= 0.3 is 5.97 Å². The van der Waals surface area contributed by atoms with E-state index >= 15 is 0 Å². The van der Waals surface area contributed by atoms with Crippen molar-refractivity contribution in [3.8, 4) is 5.75 Å². The zero-order valence-electron chi connectivity index (χ0n) is 10.7. The van der Waals surface area contributed by atoms with Crippen molar-refractivity contribution in [3.05, 3.63) is 52.7 Å². The van der Waals surface area contributed by atoms with Crippen LogP contribution in [0.1, 0.15) is 15.9 Å². The van der Waals surface area contributed by atoms with E-state index < -0.39 is 5.97 Å². The molecule has 20 heavy (non-hydrogen) atoms. The molecule has 4 nitrogen and oxygen atoms in total. The van der Waals surface area contributed by atoms with Crippen molar-refractivity contribution in [2.24, 2.45) is 0 Å². The number of aromatic nitrogens is 1. The summed E-state index contributed by atoms with van der Waals surface area (Å²) in [6.45, 7) is 0. The van der Waals surface area contributed by atoms with Crippen LogP contribution in [0, 0.1) is 0 Å². The summed E-state index contributed by atoms with van der Waals surface area (Å²) in [6.07, 6.45) is 1.58. The van der Waals surface area contributed by atoms with Gasteiger partial charge in [0.05, 0.1) is 17.2 Å². The summed E-state index contributed by atoms with van der Waals surface area (Å²) in [5, 5.41) is 10.5. The van der Waals surface area contributed by atoms with E-state index in [1.54, 1.807) is 24.4 Å². The Balaban J connectivity index is 2.11. The zero-order chi connectivity index (χ0) is 14.5. The van der Waals surface area contributed by atoms with E-state index in [0.29, 0.717) is 16.5 Å². The van der Waals surface area contributed by atoms with Crippen LogP contribution in [0.5, 0.6) is 5.75 Å². The summed E-state index contributed by atoms with van der Waals surface area (Å²) in [5.41, 5.74) is 1.06. The summed E-state index contributed by atoms with van der Waals surface area (Å²) in [5.74, 6) is -0.0204. The number of pyridine rings is 1. The van der Waals surface area contributed by atoms with E-state index in [4.69, 9.17) is 21.4 Å². The van der Waals surface area contributed by atoms with Gasteiger partial charge in [0.2, 0.25) is 0 Å². The van der Waals surface area contributed by atoms with Gasteiger partial charge in [-0.05, 0) is 29.8 Å². The normalized spacial score (nSPS) is 10.3. The second-order valence-electron chi connectivity index (χ2n) is 3.94. The quantitative estimate of drug-likeness (QED) is 0.853. The fourth-order valence-corrected chi connectivity index (χ4v) is 2.51. The third-order valence-corrected chi connectivity index (χ3v) is 3.82. The standard InChI is InChI=1S/C14H12ClNO3S/c1-19-12-4-2-9(6-11(12)14(17)18)8-20-13-5-3-10(15)7-16-13/h2-7H,8H2,1H3,(H,17,18). The highest BCUT2D eigenvalue weighted by molar-refractivity contribution is 7.98. The van der Waals surface area contributed by atoms with E-state index in [1.807, 2.05) is 12.1 Å². The van der Waals surface area contributed by atoms with Gasteiger partial charge in [-0.3, -0.25) is 0 Å². The molecule has 0 aliphatic heterocycles. The Morgan fingerprint density at radius 3 is 2.80 bits per heavy atom. The predicted molar refractivity (Wildman–Crippen MR) is 78.8 cm³/mol. The fraction of sp³-hybridized carbons (Fsp3) is 0.143. The van der Waals surface area contributed by atoms with Crippen molar-refractivity contribution in [2.45, 2.75) is 10.8 Å². The van der Waals surface area contributed by atoms with Crippen LogP contribution in [0.2, 0.25) is 5.02 Å². The van der Waals surface area contributed by atoms with Crippen LogP contribution < -0.4 is 4.74 Å². The number of hydrogen-bond donors (Lipinski definition) is 1. The monoisotopic (exact) mass is 309 g/mol. The summed E-state index contributed by atoms with van der Waals surface area (Å²) >= 11 is 7.28. The molecule has 0 unspecified atom stereocenters. The number of carbonyl (C=O) groups is 1. The Morgan fingerprint density at radius 2 is 2.20 bits per heavy atom. The lowest BCUT2D eigenvalue weighted by Gasteiger charge is -2.07. The molecule has 2 aromatic rings. The first kappa shape index (κ1) is 14.7.